The van der Waals surface area contributed by atoms with E-state index in [1.807, 2.05) is 46.9 Å². The first kappa shape index (κ1) is 21.3. The van der Waals surface area contributed by atoms with Gasteiger partial charge >= 0.3 is 5.97 Å². The fourth-order valence-electron chi connectivity index (χ4n) is 3.48. The van der Waals surface area contributed by atoms with Crippen molar-refractivity contribution in [2.24, 2.45) is 4.99 Å². The van der Waals surface area contributed by atoms with Gasteiger partial charge in [-0.25, -0.2) is 9.79 Å². The fourth-order valence-corrected chi connectivity index (χ4v) is 5.27. The van der Waals surface area contributed by atoms with E-state index in [-0.39, 0.29) is 30.9 Å². The number of esters is 1. The van der Waals surface area contributed by atoms with Gasteiger partial charge in [0.05, 0.1) is 24.3 Å². The highest BCUT2D eigenvalue weighted by Gasteiger charge is 2.41. The number of nitrogens with zero attached hydrogens (tertiary/aromatic N) is 3. The van der Waals surface area contributed by atoms with Crippen molar-refractivity contribution in [2.75, 3.05) is 6.61 Å². The molecule has 4 rings (SSSR count). The minimum atomic E-state index is -0.375. The number of aliphatic imine (C=N–C) groups is 1. The molecule has 9 heteroatoms. The number of rotatable bonds is 7. The summed E-state index contributed by atoms with van der Waals surface area (Å²) >= 11 is 3.03. The lowest BCUT2D eigenvalue weighted by atomic mass is 9.99. The minimum absolute atomic E-state index is 0.0983. The van der Waals surface area contributed by atoms with E-state index in [1.54, 1.807) is 30.7 Å². The summed E-state index contributed by atoms with van der Waals surface area (Å²) in [5, 5.41) is 7.63. The highest BCUT2D eigenvalue weighted by atomic mass is 32.2. The quantitative estimate of drug-likeness (QED) is 0.637. The van der Waals surface area contributed by atoms with Crippen LogP contribution in [0.5, 0.6) is 0 Å². The van der Waals surface area contributed by atoms with E-state index >= 15 is 0 Å². The molecule has 31 heavy (non-hydrogen) atoms. The van der Waals surface area contributed by atoms with E-state index in [1.165, 1.54) is 11.8 Å². The van der Waals surface area contributed by atoms with Crippen LogP contribution in [0.15, 0.2) is 69.4 Å². The van der Waals surface area contributed by atoms with Crippen LogP contribution >= 0.6 is 23.1 Å². The maximum Gasteiger partial charge on any atom is 0.338 e. The van der Waals surface area contributed by atoms with Crippen molar-refractivity contribution in [3.05, 3.63) is 74.9 Å². The van der Waals surface area contributed by atoms with Gasteiger partial charge in [-0.2, -0.15) is 0 Å². The fraction of sp³-hybridized carbons (Fsp3) is 0.273. The van der Waals surface area contributed by atoms with Crippen molar-refractivity contribution in [3.8, 4) is 0 Å². The smallest absolute Gasteiger partial charge is 0.338 e. The SMILES string of the molecule is CCOC(=O)C1=C(C)N=C2SC=C(CC(=O)NCc3ccncc3)N2C1c1cccs1. The van der Waals surface area contributed by atoms with Gasteiger partial charge in [-0.1, -0.05) is 17.8 Å². The third-order valence-electron chi connectivity index (χ3n) is 4.89. The molecule has 0 bridgehead atoms. The van der Waals surface area contributed by atoms with Gasteiger partial charge in [-0.3, -0.25) is 9.78 Å². The van der Waals surface area contributed by atoms with Crippen LogP contribution in [-0.2, 0) is 20.9 Å². The molecule has 0 saturated heterocycles. The van der Waals surface area contributed by atoms with Gasteiger partial charge in [-0.05, 0) is 48.4 Å². The van der Waals surface area contributed by atoms with Gasteiger partial charge in [0.1, 0.15) is 6.04 Å². The van der Waals surface area contributed by atoms with Crippen molar-refractivity contribution >= 4 is 40.1 Å². The number of pyridine rings is 1. The molecule has 2 aliphatic rings. The van der Waals surface area contributed by atoms with Crippen LogP contribution in [0.4, 0.5) is 0 Å². The van der Waals surface area contributed by atoms with E-state index in [4.69, 9.17) is 4.74 Å². The van der Waals surface area contributed by atoms with Crippen molar-refractivity contribution in [3.63, 3.8) is 0 Å². The van der Waals surface area contributed by atoms with Gasteiger partial charge in [0.25, 0.3) is 0 Å². The molecule has 0 fully saturated rings. The Bertz CT molecular complexity index is 1060. The van der Waals surface area contributed by atoms with Crippen LogP contribution in [-0.4, -0.2) is 33.5 Å². The number of carbonyl (C=O) groups excluding carboxylic acids is 2. The predicted molar refractivity (Wildman–Crippen MR) is 122 cm³/mol. The third kappa shape index (κ3) is 4.57. The van der Waals surface area contributed by atoms with E-state index in [9.17, 15) is 9.59 Å². The summed E-state index contributed by atoms with van der Waals surface area (Å²) in [4.78, 5) is 37.1. The van der Waals surface area contributed by atoms with Gasteiger partial charge in [0.15, 0.2) is 5.17 Å². The van der Waals surface area contributed by atoms with Crippen molar-refractivity contribution < 1.29 is 14.3 Å². The standard InChI is InChI=1S/C22H22N4O3S2/c1-3-29-21(28)19-14(2)25-22-26(20(19)17-5-4-10-30-17)16(13-31-22)11-18(27)24-12-15-6-8-23-9-7-15/h4-10,13,20H,3,11-12H2,1-2H3,(H,24,27). The number of fused-ring (bicyclic) bond motifs is 1. The molecule has 0 saturated carbocycles. The normalized spacial score (nSPS) is 17.7. The summed E-state index contributed by atoms with van der Waals surface area (Å²) in [5.74, 6) is -0.474. The average Bonchev–Trinajstić information content (AvgIpc) is 3.43. The van der Waals surface area contributed by atoms with Gasteiger partial charge < -0.3 is 15.0 Å². The van der Waals surface area contributed by atoms with Gasteiger partial charge in [-0.15, -0.1) is 11.3 Å². The van der Waals surface area contributed by atoms with E-state index in [0.29, 0.717) is 17.8 Å². The molecular formula is C22H22N4O3S2. The maximum absolute atomic E-state index is 12.8. The number of amides is 1. The Morgan fingerprint density at radius 3 is 2.77 bits per heavy atom. The zero-order valence-electron chi connectivity index (χ0n) is 17.2. The molecule has 0 aliphatic carbocycles. The molecule has 1 amide bonds. The number of hydrogen-bond donors (Lipinski definition) is 1. The topological polar surface area (TPSA) is 83.9 Å². The summed E-state index contributed by atoms with van der Waals surface area (Å²) in [6, 6.07) is 7.33. The number of carbonyl (C=O) groups is 2. The highest BCUT2D eigenvalue weighted by Crippen LogP contribution is 2.45. The Labute approximate surface area is 188 Å². The van der Waals surface area contributed by atoms with Crippen LogP contribution in [0.3, 0.4) is 0 Å². The highest BCUT2D eigenvalue weighted by molar-refractivity contribution is 8.16. The number of ether oxygens (including phenoxy) is 1. The second kappa shape index (κ2) is 9.49. The molecule has 4 heterocycles. The molecule has 0 radical (unpaired) electrons. The number of nitrogens with one attached hydrogen (secondary N) is 1. The first-order chi connectivity index (χ1) is 15.1. The first-order valence-corrected chi connectivity index (χ1v) is 11.6. The Morgan fingerprint density at radius 2 is 2.06 bits per heavy atom. The molecular weight excluding hydrogens is 432 g/mol. The lowest BCUT2D eigenvalue weighted by Gasteiger charge is -2.35. The average molecular weight is 455 g/mol. The summed E-state index contributed by atoms with van der Waals surface area (Å²) in [5.41, 5.74) is 2.95. The Morgan fingerprint density at radius 1 is 1.26 bits per heavy atom. The Hall–Kier alpha value is -2.91. The number of aromatic nitrogens is 1. The summed E-state index contributed by atoms with van der Waals surface area (Å²) < 4.78 is 5.33. The van der Waals surface area contributed by atoms with Gasteiger partial charge in [0.2, 0.25) is 5.91 Å². The first-order valence-electron chi connectivity index (χ1n) is 9.89. The zero-order valence-corrected chi connectivity index (χ0v) is 18.8. The summed E-state index contributed by atoms with van der Waals surface area (Å²) in [6.07, 6.45) is 3.59. The lowest BCUT2D eigenvalue weighted by molar-refractivity contribution is -0.139. The number of allylic oxidation sites excluding steroid dienone is 1. The minimum Gasteiger partial charge on any atom is -0.463 e. The molecule has 0 aromatic carbocycles. The number of hydrogen-bond acceptors (Lipinski definition) is 8. The molecule has 2 aliphatic heterocycles. The van der Waals surface area contributed by atoms with Gasteiger partial charge in [0, 0.05) is 29.5 Å². The van der Waals surface area contributed by atoms with Crippen LogP contribution in [0.2, 0.25) is 0 Å². The van der Waals surface area contributed by atoms with Crippen LogP contribution < -0.4 is 5.32 Å². The largest absolute Gasteiger partial charge is 0.463 e. The lowest BCUT2D eigenvalue weighted by Crippen LogP contribution is -2.37. The van der Waals surface area contributed by atoms with Crippen molar-refractivity contribution in [1.29, 1.82) is 0 Å². The number of amidine groups is 1. The van der Waals surface area contributed by atoms with E-state index < -0.39 is 0 Å². The summed E-state index contributed by atoms with van der Waals surface area (Å²) in [6.45, 7) is 4.34. The molecule has 1 N–H and O–H groups in total. The molecule has 1 atom stereocenters. The second-order valence-corrected chi connectivity index (χ2v) is 8.75. The van der Waals surface area contributed by atoms with Crippen molar-refractivity contribution in [1.82, 2.24) is 15.2 Å². The van der Waals surface area contributed by atoms with Crippen molar-refractivity contribution in [2.45, 2.75) is 32.9 Å². The molecule has 2 aromatic rings. The number of thiophene rings is 1. The Balaban J connectivity index is 1.56. The maximum atomic E-state index is 12.8. The summed E-state index contributed by atoms with van der Waals surface area (Å²) in [7, 11) is 0. The zero-order chi connectivity index (χ0) is 21.8. The third-order valence-corrected chi connectivity index (χ3v) is 6.70. The van der Waals surface area contributed by atoms with Crippen LogP contribution in [0.25, 0.3) is 0 Å². The Kier molecular flexibility index (Phi) is 6.53. The molecule has 2 aromatic heterocycles. The molecule has 7 nitrogen and oxygen atoms in total. The predicted octanol–water partition coefficient (Wildman–Crippen LogP) is 3.99. The van der Waals surface area contributed by atoms with E-state index in [0.717, 1.165) is 21.3 Å². The monoisotopic (exact) mass is 454 g/mol. The molecule has 160 valence electrons. The van der Waals surface area contributed by atoms with Crippen LogP contribution in [0.1, 0.15) is 36.8 Å². The number of thioether (sulfide) groups is 1. The second-order valence-electron chi connectivity index (χ2n) is 6.94. The molecule has 0 spiro atoms. The molecule has 1 unspecified atom stereocenters. The van der Waals surface area contributed by atoms with Crippen LogP contribution in [0, 0.1) is 0 Å². The van der Waals surface area contributed by atoms with E-state index in [2.05, 4.69) is 15.3 Å².